The second kappa shape index (κ2) is 10.4. The normalized spacial score (nSPS) is 16.4. The van der Waals surface area contributed by atoms with Crippen molar-refractivity contribution in [1.29, 1.82) is 0 Å². The van der Waals surface area contributed by atoms with Crippen LogP contribution in [0.25, 0.3) is 0 Å². The van der Waals surface area contributed by atoms with Gasteiger partial charge in [-0.2, -0.15) is 0 Å². The quantitative estimate of drug-likeness (QED) is 0.529. The Morgan fingerprint density at radius 2 is 1.50 bits per heavy atom. The first-order chi connectivity index (χ1) is 11.2. The van der Waals surface area contributed by atoms with Gasteiger partial charge in [0.25, 0.3) is 0 Å². The number of carbonyl (C=O) groups is 1. The van der Waals surface area contributed by atoms with Gasteiger partial charge in [0, 0.05) is 0 Å². The average Bonchev–Trinajstić information content (AvgIpc) is 2.69. The van der Waals surface area contributed by atoms with E-state index in [0.29, 0.717) is 5.92 Å². The van der Waals surface area contributed by atoms with Crippen LogP contribution in [0.15, 0.2) is 38.2 Å². The zero-order chi connectivity index (χ0) is 18.2. The monoisotopic (exact) mass is 488 g/mol. The summed E-state index contributed by atoms with van der Waals surface area (Å²) in [6.45, 7) is 18.0. The molecule has 1 N–H and O–H groups in total. The summed E-state index contributed by atoms with van der Waals surface area (Å²) >= 11 is -2.13. The Labute approximate surface area is 180 Å². The number of carbonyl (C=O) groups excluding carboxylic acids is 1. The maximum atomic E-state index is 13.1. The summed E-state index contributed by atoms with van der Waals surface area (Å²) in [5, 5.41) is 0. The Balaban J connectivity index is 0.00000312. The molecule has 1 aromatic carbocycles. The van der Waals surface area contributed by atoms with E-state index in [-0.39, 0.29) is 30.7 Å². The first-order valence-electron chi connectivity index (χ1n) is 8.80. The predicted octanol–water partition coefficient (Wildman–Crippen LogP) is -1.18. The SMILES string of the molecule is CC1=C(C)C(C)[C]([Zr+2]([NH]C(=O)c2c(C)cccc2C)[SiH](C)C)=C1C.[Cl-].[Cl-]. The van der Waals surface area contributed by atoms with Crippen molar-refractivity contribution in [2.45, 2.75) is 54.6 Å². The van der Waals surface area contributed by atoms with Crippen LogP contribution < -0.4 is 28.1 Å². The first kappa shape index (κ1) is 25.9. The Kier molecular flexibility index (Phi) is 10.3. The fraction of sp³-hybridized carbons (Fsp3) is 0.450. The predicted molar refractivity (Wildman–Crippen MR) is 102 cm³/mol. The standard InChI is InChI=1S/C9H11NO.C9H13.C2H7Si.2ClH.Zr/c1-6-4-3-5-7(2)8(6)9(10)11;1-6-5-7(2)9(4)8(6)3;1-3-2;;;/h3-5H,1-2H3,(H2,10,11);6H,1-4H3;3H,1-2H3;2*1H;/q;;;;;+3/p-3. The molecule has 0 heterocycles. The molecule has 1 aliphatic carbocycles. The Bertz CT molecular complexity index is 723. The summed E-state index contributed by atoms with van der Waals surface area (Å²) in [4.78, 5) is 13.1. The third kappa shape index (κ3) is 5.01. The van der Waals surface area contributed by atoms with E-state index < -0.39 is 27.1 Å². The summed E-state index contributed by atoms with van der Waals surface area (Å²) in [7, 11) is 0. The second-order valence-corrected chi connectivity index (χ2v) is 25.6. The van der Waals surface area contributed by atoms with Gasteiger partial charge >= 0.3 is 157 Å². The van der Waals surface area contributed by atoms with E-state index in [9.17, 15) is 4.79 Å². The number of amides is 1. The van der Waals surface area contributed by atoms with Gasteiger partial charge < -0.3 is 24.8 Å². The molecule has 1 aliphatic rings. The third-order valence-corrected chi connectivity index (χ3v) is 22.5. The molecule has 0 spiro atoms. The van der Waals surface area contributed by atoms with E-state index in [4.69, 9.17) is 0 Å². The van der Waals surface area contributed by atoms with Crippen molar-refractivity contribution < 1.29 is 50.8 Å². The van der Waals surface area contributed by atoms with E-state index in [0.717, 1.165) is 16.7 Å². The molecule has 0 bridgehead atoms. The van der Waals surface area contributed by atoms with Gasteiger partial charge in [0.05, 0.1) is 0 Å². The minimum atomic E-state index is -2.13. The molecule has 1 amide bonds. The van der Waals surface area contributed by atoms with Gasteiger partial charge in [0.1, 0.15) is 0 Å². The molecule has 2 nitrogen and oxygen atoms in total. The van der Waals surface area contributed by atoms with Crippen LogP contribution in [0.3, 0.4) is 0 Å². The van der Waals surface area contributed by atoms with Gasteiger partial charge in [0.2, 0.25) is 0 Å². The van der Waals surface area contributed by atoms with Crippen LogP contribution in [0.5, 0.6) is 0 Å². The van der Waals surface area contributed by atoms with Crippen LogP contribution in [0.4, 0.5) is 0 Å². The molecule has 0 radical (unpaired) electrons. The number of hydrogen-bond acceptors (Lipinski definition) is 1. The van der Waals surface area contributed by atoms with Crippen molar-refractivity contribution in [1.82, 2.24) is 3.26 Å². The molecule has 2 rings (SSSR count). The smallest absolute Gasteiger partial charge is 1.00 e. The zero-order valence-corrected chi connectivity index (χ0v) is 22.2. The maximum Gasteiger partial charge on any atom is -1.00 e. The molecule has 1 unspecified atom stereocenters. The van der Waals surface area contributed by atoms with Crippen LogP contribution in [-0.4, -0.2) is 11.8 Å². The minimum absolute atomic E-state index is 0. The molecule has 1 atom stereocenters. The number of aryl methyl sites for hydroxylation is 2. The molecule has 0 aromatic heterocycles. The number of halogens is 2. The second-order valence-electron chi connectivity index (χ2n) is 7.36. The van der Waals surface area contributed by atoms with Crippen LogP contribution in [0.2, 0.25) is 13.1 Å². The molecular weight excluding hydrogens is 460 g/mol. The van der Waals surface area contributed by atoms with Crippen LogP contribution >= 0.6 is 0 Å². The van der Waals surface area contributed by atoms with Gasteiger partial charge in [-0.15, -0.1) is 0 Å². The average molecular weight is 491 g/mol. The minimum Gasteiger partial charge on any atom is -1.00 e. The first-order valence-corrected chi connectivity index (χ1v) is 18.4. The fourth-order valence-electron chi connectivity index (χ4n) is 3.68. The number of nitrogens with one attached hydrogen (secondary N) is 1. The Hall–Kier alpha value is -0.150. The van der Waals surface area contributed by atoms with Gasteiger partial charge in [0.15, 0.2) is 0 Å². The van der Waals surface area contributed by atoms with Crippen molar-refractivity contribution in [3.05, 3.63) is 54.9 Å². The molecule has 0 fully saturated rings. The fourth-order valence-corrected chi connectivity index (χ4v) is 19.2. The summed E-state index contributed by atoms with van der Waals surface area (Å²) in [6.07, 6.45) is 0. The molecule has 0 saturated heterocycles. The topological polar surface area (TPSA) is 29.1 Å². The van der Waals surface area contributed by atoms with Gasteiger partial charge in [-0.25, -0.2) is 0 Å². The number of allylic oxidation sites excluding steroid dienone is 4. The van der Waals surface area contributed by atoms with E-state index in [2.05, 4.69) is 44.0 Å². The third-order valence-electron chi connectivity index (χ3n) is 5.46. The van der Waals surface area contributed by atoms with E-state index in [1.54, 1.807) is 3.28 Å². The molecule has 1 aromatic rings. The van der Waals surface area contributed by atoms with E-state index in [1.807, 2.05) is 32.0 Å². The number of rotatable bonds is 4. The van der Waals surface area contributed by atoms with Crippen molar-refractivity contribution in [2.24, 2.45) is 5.92 Å². The van der Waals surface area contributed by atoms with Crippen molar-refractivity contribution >= 4 is 11.8 Å². The maximum absolute atomic E-state index is 13.1. The van der Waals surface area contributed by atoms with Crippen molar-refractivity contribution in [2.75, 3.05) is 0 Å². The Morgan fingerprint density at radius 1 is 1.00 bits per heavy atom. The van der Waals surface area contributed by atoms with E-state index >= 15 is 0 Å². The molecule has 6 heteroatoms. The van der Waals surface area contributed by atoms with E-state index in [1.165, 1.54) is 16.7 Å². The summed E-state index contributed by atoms with van der Waals surface area (Å²) < 4.78 is 5.23. The van der Waals surface area contributed by atoms with Gasteiger partial charge in [-0.05, 0) is 0 Å². The number of benzene rings is 1. The summed E-state index contributed by atoms with van der Waals surface area (Å²) in [5.74, 6) is -0.217. The Morgan fingerprint density at radius 3 is 1.88 bits per heavy atom. The molecule has 143 valence electrons. The van der Waals surface area contributed by atoms with Crippen molar-refractivity contribution in [3.63, 3.8) is 0 Å². The van der Waals surface area contributed by atoms with Gasteiger partial charge in [-0.3, -0.25) is 0 Å². The van der Waals surface area contributed by atoms with Gasteiger partial charge in [-0.1, -0.05) is 0 Å². The van der Waals surface area contributed by atoms with Crippen LogP contribution in [0, 0.1) is 19.8 Å². The number of hydrogen-bond donors (Lipinski definition) is 1. The van der Waals surface area contributed by atoms with Crippen molar-refractivity contribution in [3.8, 4) is 0 Å². The largest absolute Gasteiger partial charge is 1.00 e. The molecule has 0 aliphatic heterocycles. The van der Waals surface area contributed by atoms with Crippen LogP contribution in [-0.2, 0) is 21.2 Å². The molecule has 0 saturated carbocycles. The molecule has 26 heavy (non-hydrogen) atoms. The van der Waals surface area contributed by atoms with Crippen LogP contribution in [0.1, 0.15) is 49.2 Å². The summed E-state index contributed by atoms with van der Waals surface area (Å²) in [6, 6.07) is 6.10. The summed E-state index contributed by atoms with van der Waals surface area (Å²) in [5.41, 5.74) is 7.46. The molecular formula is C20H30Cl2NOSiZr. The zero-order valence-electron chi connectivity index (χ0n) is 17.1.